The van der Waals surface area contributed by atoms with Crippen LogP contribution in [0.3, 0.4) is 0 Å². The second-order valence-electron chi connectivity index (χ2n) is 4.18. The van der Waals surface area contributed by atoms with Crippen molar-refractivity contribution < 1.29 is 19.4 Å². The van der Waals surface area contributed by atoms with Gasteiger partial charge in [-0.15, -0.1) is 0 Å². The van der Waals surface area contributed by atoms with Crippen molar-refractivity contribution >= 4 is 11.9 Å². The standard InChI is InChI=1S/C13H18N2O4/c1-10(2)9-19-7-5-14-13(18)11-4-3-6-15(11)8-12(16)17/h3-4,6H,1,5,7-9H2,2H3,(H,14,18)(H,16,17). The monoisotopic (exact) mass is 266 g/mol. The van der Waals surface area contributed by atoms with E-state index in [1.165, 1.54) is 4.57 Å². The maximum absolute atomic E-state index is 11.8. The summed E-state index contributed by atoms with van der Waals surface area (Å²) in [5, 5.41) is 11.4. The third kappa shape index (κ3) is 5.39. The molecule has 0 aromatic carbocycles. The molecule has 1 rings (SSSR count). The molecule has 0 aliphatic carbocycles. The van der Waals surface area contributed by atoms with Gasteiger partial charge in [0.25, 0.3) is 5.91 Å². The van der Waals surface area contributed by atoms with Crippen molar-refractivity contribution in [3.8, 4) is 0 Å². The smallest absolute Gasteiger partial charge is 0.323 e. The molecule has 6 heteroatoms. The van der Waals surface area contributed by atoms with Gasteiger partial charge < -0.3 is 19.7 Å². The largest absolute Gasteiger partial charge is 0.480 e. The van der Waals surface area contributed by atoms with E-state index in [-0.39, 0.29) is 12.5 Å². The second-order valence-corrected chi connectivity index (χ2v) is 4.18. The van der Waals surface area contributed by atoms with Crippen LogP contribution in [-0.2, 0) is 16.1 Å². The second kappa shape index (κ2) is 7.38. The number of carbonyl (C=O) groups is 2. The van der Waals surface area contributed by atoms with Crippen LogP contribution in [0, 0.1) is 0 Å². The van der Waals surface area contributed by atoms with Gasteiger partial charge in [0, 0.05) is 12.7 Å². The van der Waals surface area contributed by atoms with E-state index in [2.05, 4.69) is 11.9 Å². The molecule has 0 aliphatic rings. The summed E-state index contributed by atoms with van der Waals surface area (Å²) >= 11 is 0. The minimum absolute atomic E-state index is 0.234. The van der Waals surface area contributed by atoms with Crippen molar-refractivity contribution in [3.63, 3.8) is 0 Å². The Labute approximate surface area is 111 Å². The Hall–Kier alpha value is -2.08. The highest BCUT2D eigenvalue weighted by Crippen LogP contribution is 2.02. The number of nitrogens with zero attached hydrogens (tertiary/aromatic N) is 1. The molecule has 1 aromatic rings. The molecule has 1 heterocycles. The van der Waals surface area contributed by atoms with Crippen molar-refractivity contribution in [2.75, 3.05) is 19.8 Å². The van der Waals surface area contributed by atoms with Gasteiger partial charge in [-0.05, 0) is 19.1 Å². The third-order valence-electron chi connectivity index (χ3n) is 2.25. The van der Waals surface area contributed by atoms with Crippen LogP contribution in [0.15, 0.2) is 30.5 Å². The molecule has 0 saturated carbocycles. The fourth-order valence-electron chi connectivity index (χ4n) is 1.48. The number of carboxylic acids is 1. The van der Waals surface area contributed by atoms with E-state index in [1.807, 2.05) is 6.92 Å². The number of aliphatic carboxylic acids is 1. The van der Waals surface area contributed by atoms with Gasteiger partial charge in [0.05, 0.1) is 13.2 Å². The third-order valence-corrected chi connectivity index (χ3v) is 2.25. The molecule has 0 bridgehead atoms. The lowest BCUT2D eigenvalue weighted by atomic mass is 10.4. The summed E-state index contributed by atoms with van der Waals surface area (Å²) in [4.78, 5) is 22.4. The molecule has 0 unspecified atom stereocenters. The predicted molar refractivity (Wildman–Crippen MR) is 70.0 cm³/mol. The highest BCUT2D eigenvalue weighted by molar-refractivity contribution is 5.93. The van der Waals surface area contributed by atoms with Gasteiger partial charge in [-0.1, -0.05) is 12.2 Å². The van der Waals surface area contributed by atoms with Crippen LogP contribution in [0.4, 0.5) is 0 Å². The van der Waals surface area contributed by atoms with Crippen LogP contribution in [0.5, 0.6) is 0 Å². The molecule has 1 aromatic heterocycles. The fraction of sp³-hybridized carbons (Fsp3) is 0.385. The molecule has 0 saturated heterocycles. The summed E-state index contributed by atoms with van der Waals surface area (Å²) in [7, 11) is 0. The van der Waals surface area contributed by atoms with Crippen LogP contribution in [0.1, 0.15) is 17.4 Å². The zero-order valence-electron chi connectivity index (χ0n) is 10.9. The first kappa shape index (κ1) is 15.0. The number of hydrogen-bond acceptors (Lipinski definition) is 3. The zero-order chi connectivity index (χ0) is 14.3. The molecule has 0 aliphatic heterocycles. The fourth-order valence-corrected chi connectivity index (χ4v) is 1.48. The Bertz CT molecular complexity index is 465. The van der Waals surface area contributed by atoms with E-state index in [4.69, 9.17) is 9.84 Å². The van der Waals surface area contributed by atoms with E-state index >= 15 is 0 Å². The lowest BCUT2D eigenvalue weighted by molar-refractivity contribution is -0.137. The van der Waals surface area contributed by atoms with Gasteiger partial charge in [-0.2, -0.15) is 0 Å². The minimum atomic E-state index is -0.991. The highest BCUT2D eigenvalue weighted by Gasteiger charge is 2.11. The molecule has 6 nitrogen and oxygen atoms in total. The molecule has 19 heavy (non-hydrogen) atoms. The van der Waals surface area contributed by atoms with Gasteiger partial charge in [0.1, 0.15) is 12.2 Å². The minimum Gasteiger partial charge on any atom is -0.480 e. The Balaban J connectivity index is 2.39. The summed E-state index contributed by atoms with van der Waals surface area (Å²) < 4.78 is 6.62. The molecule has 104 valence electrons. The molecular formula is C13H18N2O4. The first-order chi connectivity index (χ1) is 9.00. The van der Waals surface area contributed by atoms with Crippen LogP contribution in [-0.4, -0.2) is 41.3 Å². The number of ether oxygens (including phenoxy) is 1. The first-order valence-corrected chi connectivity index (χ1v) is 5.88. The molecular weight excluding hydrogens is 248 g/mol. The summed E-state index contributed by atoms with van der Waals surface area (Å²) in [6, 6.07) is 3.21. The molecule has 0 fully saturated rings. The number of amides is 1. The molecule has 1 amide bonds. The summed E-state index contributed by atoms with van der Waals surface area (Å²) in [6.45, 7) is 6.54. The molecule has 0 radical (unpaired) electrons. The number of nitrogens with one attached hydrogen (secondary N) is 1. The Morgan fingerprint density at radius 2 is 2.26 bits per heavy atom. The average Bonchev–Trinajstić information content (AvgIpc) is 2.75. The van der Waals surface area contributed by atoms with Gasteiger partial charge in [-0.3, -0.25) is 9.59 Å². The number of rotatable bonds is 8. The zero-order valence-corrected chi connectivity index (χ0v) is 10.9. The Morgan fingerprint density at radius 1 is 1.53 bits per heavy atom. The highest BCUT2D eigenvalue weighted by atomic mass is 16.5. The Kier molecular flexibility index (Phi) is 5.81. The SMILES string of the molecule is C=C(C)COCCNC(=O)c1cccn1CC(=O)O. The van der Waals surface area contributed by atoms with Crippen LogP contribution >= 0.6 is 0 Å². The molecule has 2 N–H and O–H groups in total. The number of carbonyl (C=O) groups excluding carboxylic acids is 1. The van der Waals surface area contributed by atoms with Crippen molar-refractivity contribution in [2.24, 2.45) is 0 Å². The number of aromatic nitrogens is 1. The van der Waals surface area contributed by atoms with Crippen molar-refractivity contribution in [2.45, 2.75) is 13.5 Å². The number of hydrogen-bond donors (Lipinski definition) is 2. The van der Waals surface area contributed by atoms with Crippen molar-refractivity contribution in [3.05, 3.63) is 36.2 Å². The normalized spacial score (nSPS) is 10.2. The van der Waals surface area contributed by atoms with Gasteiger partial charge in [-0.25, -0.2) is 0 Å². The lowest BCUT2D eigenvalue weighted by Crippen LogP contribution is -2.29. The van der Waals surface area contributed by atoms with E-state index in [1.54, 1.807) is 18.3 Å². The maximum Gasteiger partial charge on any atom is 0.323 e. The quantitative estimate of drug-likeness (QED) is 0.541. The van der Waals surface area contributed by atoms with Gasteiger partial charge >= 0.3 is 5.97 Å². The number of carboxylic acid groups (broad SMARTS) is 1. The Morgan fingerprint density at radius 3 is 2.89 bits per heavy atom. The maximum atomic E-state index is 11.8. The van der Waals surface area contributed by atoms with E-state index in [0.717, 1.165) is 5.57 Å². The van der Waals surface area contributed by atoms with Crippen molar-refractivity contribution in [1.29, 1.82) is 0 Å². The average molecular weight is 266 g/mol. The van der Waals surface area contributed by atoms with E-state index in [0.29, 0.717) is 25.5 Å². The lowest BCUT2D eigenvalue weighted by Gasteiger charge is -2.08. The molecule has 0 atom stereocenters. The van der Waals surface area contributed by atoms with Gasteiger partial charge in [0.2, 0.25) is 0 Å². The molecule has 0 spiro atoms. The van der Waals surface area contributed by atoms with Crippen LogP contribution in [0.25, 0.3) is 0 Å². The topological polar surface area (TPSA) is 80.6 Å². The predicted octanol–water partition coefficient (Wildman–Crippen LogP) is 0.895. The first-order valence-electron chi connectivity index (χ1n) is 5.88. The van der Waals surface area contributed by atoms with Crippen LogP contribution < -0.4 is 5.32 Å². The van der Waals surface area contributed by atoms with E-state index in [9.17, 15) is 9.59 Å². The summed E-state index contributed by atoms with van der Waals surface area (Å²) in [6.07, 6.45) is 1.56. The summed E-state index contributed by atoms with van der Waals surface area (Å²) in [5.74, 6) is -1.31. The van der Waals surface area contributed by atoms with E-state index < -0.39 is 5.97 Å². The summed E-state index contributed by atoms with van der Waals surface area (Å²) in [5.41, 5.74) is 1.24. The van der Waals surface area contributed by atoms with Crippen molar-refractivity contribution in [1.82, 2.24) is 9.88 Å². The van der Waals surface area contributed by atoms with Gasteiger partial charge in [0.15, 0.2) is 0 Å². The van der Waals surface area contributed by atoms with Crippen LogP contribution in [0.2, 0.25) is 0 Å².